The van der Waals surface area contributed by atoms with Crippen LogP contribution in [0.1, 0.15) is 18.2 Å². The number of rotatable bonds is 6. The van der Waals surface area contributed by atoms with E-state index in [-0.39, 0.29) is 12.2 Å². The van der Waals surface area contributed by atoms with Crippen molar-refractivity contribution >= 4 is 9.84 Å². The summed E-state index contributed by atoms with van der Waals surface area (Å²) in [5, 5.41) is 20.7. The summed E-state index contributed by atoms with van der Waals surface area (Å²) in [7, 11) is -3.36. The standard InChI is InChI=1S/C16H17N3O4S/c1-16(12-24(2,21)22,9-14-11-18-7-8-19(14)20)23-15-5-3-13(10-17)4-6-15/h3-8,11H,9,12H2,1-2H3. The lowest BCUT2D eigenvalue weighted by atomic mass is 10.0. The Kier molecular flexibility index (Phi) is 5.04. The molecule has 8 heteroatoms. The summed E-state index contributed by atoms with van der Waals surface area (Å²) in [4.78, 5) is 3.89. The fourth-order valence-electron chi connectivity index (χ4n) is 2.44. The minimum atomic E-state index is -3.36. The van der Waals surface area contributed by atoms with Crippen molar-refractivity contribution in [1.82, 2.24) is 4.98 Å². The first-order valence-corrected chi connectivity index (χ1v) is 9.16. The third kappa shape index (κ3) is 4.93. The molecule has 0 aliphatic rings. The molecule has 24 heavy (non-hydrogen) atoms. The summed E-state index contributed by atoms with van der Waals surface area (Å²) in [5.74, 6) is 0.149. The van der Waals surface area contributed by atoms with Crippen LogP contribution < -0.4 is 9.47 Å². The van der Waals surface area contributed by atoms with Crippen LogP contribution in [-0.4, -0.2) is 31.0 Å². The van der Waals surface area contributed by atoms with E-state index < -0.39 is 15.4 Å². The Bertz CT molecular complexity index is 860. The van der Waals surface area contributed by atoms with E-state index in [0.29, 0.717) is 21.7 Å². The predicted molar refractivity (Wildman–Crippen MR) is 86.8 cm³/mol. The zero-order valence-electron chi connectivity index (χ0n) is 13.3. The number of hydrogen-bond donors (Lipinski definition) is 0. The van der Waals surface area contributed by atoms with Gasteiger partial charge in [0.15, 0.2) is 16.0 Å². The quantitative estimate of drug-likeness (QED) is 0.570. The van der Waals surface area contributed by atoms with Gasteiger partial charge in [0.25, 0.3) is 0 Å². The summed E-state index contributed by atoms with van der Waals surface area (Å²) in [5.41, 5.74) is -0.383. The van der Waals surface area contributed by atoms with Gasteiger partial charge in [0.05, 0.1) is 36.2 Å². The van der Waals surface area contributed by atoms with Gasteiger partial charge in [0.2, 0.25) is 5.69 Å². The molecule has 0 spiro atoms. The van der Waals surface area contributed by atoms with E-state index in [2.05, 4.69) is 4.98 Å². The van der Waals surface area contributed by atoms with Crippen LogP contribution >= 0.6 is 0 Å². The molecule has 0 amide bonds. The van der Waals surface area contributed by atoms with Crippen LogP contribution in [0.3, 0.4) is 0 Å². The summed E-state index contributed by atoms with van der Waals surface area (Å²) in [6, 6.07) is 8.33. The van der Waals surface area contributed by atoms with Gasteiger partial charge in [-0.15, -0.1) is 0 Å². The van der Waals surface area contributed by atoms with Gasteiger partial charge in [-0.1, -0.05) is 0 Å². The van der Waals surface area contributed by atoms with E-state index in [4.69, 9.17) is 10.00 Å². The number of aromatic nitrogens is 2. The number of nitriles is 1. The summed E-state index contributed by atoms with van der Waals surface area (Å²) in [6.45, 7) is 1.62. The van der Waals surface area contributed by atoms with Crippen molar-refractivity contribution in [3.8, 4) is 11.8 Å². The molecule has 126 valence electrons. The maximum atomic E-state index is 11.8. The minimum Gasteiger partial charge on any atom is -0.618 e. The second-order valence-electron chi connectivity index (χ2n) is 5.83. The first-order valence-electron chi connectivity index (χ1n) is 7.10. The SMILES string of the molecule is CC(Cc1cncc[n+]1[O-])(CS(C)(=O)=O)Oc1ccc(C#N)cc1. The van der Waals surface area contributed by atoms with Crippen molar-refractivity contribution in [1.29, 1.82) is 5.26 Å². The van der Waals surface area contributed by atoms with Crippen molar-refractivity contribution in [3.05, 3.63) is 59.3 Å². The van der Waals surface area contributed by atoms with Gasteiger partial charge < -0.3 is 9.94 Å². The summed E-state index contributed by atoms with van der Waals surface area (Å²) >= 11 is 0. The molecule has 1 aromatic heterocycles. The molecule has 0 saturated heterocycles. The van der Waals surface area contributed by atoms with Crippen LogP contribution in [0.5, 0.6) is 5.75 Å². The van der Waals surface area contributed by atoms with Gasteiger partial charge in [0.1, 0.15) is 11.4 Å². The van der Waals surface area contributed by atoms with E-state index in [1.165, 1.54) is 18.6 Å². The number of hydrogen-bond acceptors (Lipinski definition) is 6. The first kappa shape index (κ1) is 17.7. The number of benzene rings is 1. The summed E-state index contributed by atoms with van der Waals surface area (Å²) in [6.07, 6.45) is 5.17. The molecule has 0 saturated carbocycles. The van der Waals surface area contributed by atoms with Crippen LogP contribution in [0.4, 0.5) is 0 Å². The highest BCUT2D eigenvalue weighted by Gasteiger charge is 2.34. The van der Waals surface area contributed by atoms with Crippen LogP contribution in [0, 0.1) is 16.5 Å². The van der Waals surface area contributed by atoms with Gasteiger partial charge in [-0.05, 0) is 31.2 Å². The fraction of sp³-hybridized carbons (Fsp3) is 0.312. The molecule has 0 fully saturated rings. The van der Waals surface area contributed by atoms with Gasteiger partial charge in [0, 0.05) is 6.26 Å². The van der Waals surface area contributed by atoms with Crippen molar-refractivity contribution in [2.75, 3.05) is 12.0 Å². The molecule has 2 rings (SSSR count). The molecule has 2 aromatic rings. The number of nitrogens with zero attached hydrogens (tertiary/aromatic N) is 3. The zero-order valence-corrected chi connectivity index (χ0v) is 14.2. The molecular weight excluding hydrogens is 330 g/mol. The average Bonchev–Trinajstić information content (AvgIpc) is 2.48. The number of ether oxygens (including phenoxy) is 1. The first-order chi connectivity index (χ1) is 11.2. The van der Waals surface area contributed by atoms with E-state index in [0.717, 1.165) is 6.26 Å². The second kappa shape index (κ2) is 6.84. The zero-order chi connectivity index (χ0) is 17.8. The highest BCUT2D eigenvalue weighted by molar-refractivity contribution is 7.90. The molecule has 1 aromatic carbocycles. The van der Waals surface area contributed by atoms with Gasteiger partial charge in [-0.3, -0.25) is 4.98 Å². The predicted octanol–water partition coefficient (Wildman–Crippen LogP) is 1.01. The van der Waals surface area contributed by atoms with Crippen molar-refractivity contribution < 1.29 is 17.9 Å². The summed E-state index contributed by atoms with van der Waals surface area (Å²) < 4.78 is 30.1. The third-order valence-corrected chi connectivity index (χ3v) is 4.40. The molecule has 0 radical (unpaired) electrons. The smallest absolute Gasteiger partial charge is 0.215 e. The van der Waals surface area contributed by atoms with E-state index >= 15 is 0 Å². The monoisotopic (exact) mass is 347 g/mol. The lowest BCUT2D eigenvalue weighted by Crippen LogP contribution is -2.46. The molecule has 0 bridgehead atoms. The average molecular weight is 347 g/mol. The van der Waals surface area contributed by atoms with E-state index in [9.17, 15) is 13.6 Å². The maximum absolute atomic E-state index is 11.8. The molecule has 0 aliphatic heterocycles. The molecule has 7 nitrogen and oxygen atoms in total. The van der Waals surface area contributed by atoms with Crippen molar-refractivity contribution in [2.45, 2.75) is 18.9 Å². The number of sulfone groups is 1. The Morgan fingerprint density at radius 2 is 2.04 bits per heavy atom. The van der Waals surface area contributed by atoms with Crippen molar-refractivity contribution in [3.63, 3.8) is 0 Å². The maximum Gasteiger partial charge on any atom is 0.215 e. The van der Waals surface area contributed by atoms with Gasteiger partial charge >= 0.3 is 0 Å². The van der Waals surface area contributed by atoms with Crippen LogP contribution in [0.2, 0.25) is 0 Å². The van der Waals surface area contributed by atoms with E-state index in [1.54, 1.807) is 31.2 Å². The normalized spacial score (nSPS) is 13.7. The van der Waals surface area contributed by atoms with E-state index in [1.807, 2.05) is 6.07 Å². The Balaban J connectivity index is 2.32. The largest absolute Gasteiger partial charge is 0.618 e. The Labute approximate surface area is 140 Å². The molecular formula is C16H17N3O4S. The lowest BCUT2D eigenvalue weighted by molar-refractivity contribution is -0.615. The third-order valence-electron chi connectivity index (χ3n) is 3.27. The highest BCUT2D eigenvalue weighted by atomic mass is 32.2. The van der Waals surface area contributed by atoms with Crippen LogP contribution in [-0.2, 0) is 16.3 Å². The highest BCUT2D eigenvalue weighted by Crippen LogP contribution is 2.23. The van der Waals surface area contributed by atoms with Gasteiger partial charge in [-0.25, -0.2) is 8.42 Å². The Morgan fingerprint density at radius 1 is 1.38 bits per heavy atom. The molecule has 0 N–H and O–H groups in total. The van der Waals surface area contributed by atoms with Crippen molar-refractivity contribution in [2.24, 2.45) is 0 Å². The molecule has 1 heterocycles. The van der Waals surface area contributed by atoms with Crippen LogP contribution in [0.25, 0.3) is 0 Å². The second-order valence-corrected chi connectivity index (χ2v) is 7.97. The minimum absolute atomic E-state index is 0.0669. The molecule has 1 atom stereocenters. The Hall–Kier alpha value is -2.66. The van der Waals surface area contributed by atoms with Gasteiger partial charge in [-0.2, -0.15) is 9.99 Å². The lowest BCUT2D eigenvalue weighted by Gasteiger charge is -2.29. The fourth-order valence-corrected chi connectivity index (χ4v) is 3.71. The molecule has 1 unspecified atom stereocenters. The topological polar surface area (TPSA) is 107 Å². The van der Waals surface area contributed by atoms with Crippen LogP contribution in [0.15, 0.2) is 42.9 Å². The molecule has 0 aliphatic carbocycles. The Morgan fingerprint density at radius 3 is 2.58 bits per heavy atom.